The van der Waals surface area contributed by atoms with E-state index < -0.39 is 5.60 Å². The molecule has 2 aliphatic rings. The van der Waals surface area contributed by atoms with Crippen molar-refractivity contribution < 1.29 is 9.84 Å². The second-order valence-electron chi connectivity index (χ2n) is 6.54. The first-order valence-electron chi connectivity index (χ1n) is 8.05. The van der Waals surface area contributed by atoms with E-state index in [0.717, 1.165) is 26.1 Å². The predicted octanol–water partition coefficient (Wildman–Crippen LogP) is 0.877. The lowest BCUT2D eigenvalue weighted by Gasteiger charge is -2.35. The van der Waals surface area contributed by atoms with Crippen LogP contribution in [0.5, 0.6) is 0 Å². The summed E-state index contributed by atoms with van der Waals surface area (Å²) in [5.41, 5.74) is 3.15. The van der Waals surface area contributed by atoms with Crippen molar-refractivity contribution in [1.29, 1.82) is 0 Å². The van der Waals surface area contributed by atoms with Crippen molar-refractivity contribution >= 4 is 10.9 Å². The van der Waals surface area contributed by atoms with Crippen LogP contribution in [0.1, 0.15) is 11.3 Å². The third-order valence-electron chi connectivity index (χ3n) is 4.73. The molecule has 1 atom stereocenters. The number of rotatable bonds is 2. The molecule has 0 bridgehead atoms. The van der Waals surface area contributed by atoms with Crippen LogP contribution in [0.3, 0.4) is 0 Å². The molecule has 3 N–H and O–H groups in total. The quantitative estimate of drug-likeness (QED) is 0.770. The molecule has 0 saturated carbocycles. The summed E-state index contributed by atoms with van der Waals surface area (Å²) in [7, 11) is 0. The van der Waals surface area contributed by atoms with Gasteiger partial charge in [-0.1, -0.05) is 18.2 Å². The zero-order chi connectivity index (χ0) is 15.0. The first kappa shape index (κ1) is 14.2. The number of ether oxygens (including phenoxy) is 1. The molecule has 0 amide bonds. The zero-order valence-corrected chi connectivity index (χ0v) is 12.8. The van der Waals surface area contributed by atoms with E-state index in [2.05, 4.69) is 39.5 Å². The van der Waals surface area contributed by atoms with Gasteiger partial charge in [-0.25, -0.2) is 0 Å². The first-order valence-corrected chi connectivity index (χ1v) is 8.05. The Hall–Kier alpha value is -1.40. The Bertz CT molecular complexity index is 659. The Morgan fingerprint density at radius 2 is 2.23 bits per heavy atom. The Kier molecular flexibility index (Phi) is 3.66. The fourth-order valence-corrected chi connectivity index (χ4v) is 3.68. The van der Waals surface area contributed by atoms with Crippen LogP contribution in [0, 0.1) is 0 Å². The van der Waals surface area contributed by atoms with Crippen LogP contribution in [0.25, 0.3) is 10.9 Å². The Morgan fingerprint density at radius 3 is 3.18 bits per heavy atom. The molecule has 3 heterocycles. The monoisotopic (exact) mass is 301 g/mol. The Morgan fingerprint density at radius 1 is 1.32 bits per heavy atom. The maximum Gasteiger partial charge on any atom is 0.113 e. The number of para-hydroxylation sites is 1. The van der Waals surface area contributed by atoms with Gasteiger partial charge in [0.15, 0.2) is 0 Å². The molecule has 22 heavy (non-hydrogen) atoms. The number of hydrogen-bond acceptors (Lipinski definition) is 4. The van der Waals surface area contributed by atoms with E-state index in [1.165, 1.54) is 22.2 Å². The van der Waals surface area contributed by atoms with E-state index in [0.29, 0.717) is 26.3 Å². The predicted molar refractivity (Wildman–Crippen MR) is 85.9 cm³/mol. The highest BCUT2D eigenvalue weighted by Gasteiger charge is 2.33. The van der Waals surface area contributed by atoms with Crippen molar-refractivity contribution in [2.45, 2.75) is 18.6 Å². The fraction of sp³-hybridized carbons (Fsp3) is 0.529. The maximum atomic E-state index is 10.8. The van der Waals surface area contributed by atoms with Gasteiger partial charge in [0.05, 0.1) is 13.2 Å². The van der Waals surface area contributed by atoms with Crippen molar-refractivity contribution in [2.75, 3.05) is 39.4 Å². The number of fused-ring (bicyclic) bond motifs is 3. The van der Waals surface area contributed by atoms with E-state index in [1.54, 1.807) is 0 Å². The molecule has 0 aliphatic carbocycles. The number of H-pyrrole nitrogens is 1. The lowest BCUT2D eigenvalue weighted by Crippen LogP contribution is -2.52. The number of nitrogens with one attached hydrogen (secondary N) is 2. The third-order valence-corrected chi connectivity index (χ3v) is 4.73. The van der Waals surface area contributed by atoms with Gasteiger partial charge in [0.1, 0.15) is 5.60 Å². The minimum Gasteiger partial charge on any atom is -0.385 e. The molecule has 5 nitrogen and oxygen atoms in total. The molecule has 2 aromatic rings. The zero-order valence-electron chi connectivity index (χ0n) is 12.8. The summed E-state index contributed by atoms with van der Waals surface area (Å²) in [4.78, 5) is 5.87. The van der Waals surface area contributed by atoms with Crippen LogP contribution in [-0.2, 0) is 17.7 Å². The second-order valence-corrected chi connectivity index (χ2v) is 6.54. The molecule has 0 spiro atoms. The fourth-order valence-electron chi connectivity index (χ4n) is 3.68. The minimum absolute atomic E-state index is 0.413. The first-order chi connectivity index (χ1) is 10.7. The number of aromatic nitrogens is 1. The molecule has 1 aromatic heterocycles. The molecule has 2 aliphatic heterocycles. The number of benzene rings is 1. The summed E-state index contributed by atoms with van der Waals surface area (Å²) in [6.07, 6.45) is 1.03. The summed E-state index contributed by atoms with van der Waals surface area (Å²) in [6.45, 7) is 5.00. The number of aliphatic hydroxyl groups is 1. The van der Waals surface area contributed by atoms with Crippen LogP contribution >= 0.6 is 0 Å². The maximum absolute atomic E-state index is 10.8. The number of nitrogens with zero attached hydrogens (tertiary/aromatic N) is 1. The largest absolute Gasteiger partial charge is 0.385 e. The van der Waals surface area contributed by atoms with Crippen molar-refractivity contribution in [3.63, 3.8) is 0 Å². The normalized spacial score (nSPS) is 26.8. The van der Waals surface area contributed by atoms with Gasteiger partial charge in [-0.05, 0) is 18.1 Å². The number of aromatic amines is 1. The highest BCUT2D eigenvalue weighted by atomic mass is 16.5. The van der Waals surface area contributed by atoms with Crippen LogP contribution in [-0.4, -0.2) is 60.0 Å². The average molecular weight is 301 g/mol. The van der Waals surface area contributed by atoms with Gasteiger partial charge >= 0.3 is 0 Å². The topological polar surface area (TPSA) is 60.5 Å². The lowest BCUT2D eigenvalue weighted by molar-refractivity contribution is -0.0511. The van der Waals surface area contributed by atoms with Crippen molar-refractivity contribution in [2.24, 2.45) is 0 Å². The lowest BCUT2D eigenvalue weighted by atomic mass is 10.00. The molecule has 1 aromatic carbocycles. The van der Waals surface area contributed by atoms with Gasteiger partial charge in [-0.15, -0.1) is 0 Å². The van der Waals surface area contributed by atoms with E-state index in [1.807, 2.05) is 0 Å². The van der Waals surface area contributed by atoms with Crippen LogP contribution in [0.15, 0.2) is 24.3 Å². The molecule has 1 unspecified atom stereocenters. The molecule has 0 radical (unpaired) electrons. The van der Waals surface area contributed by atoms with E-state index >= 15 is 0 Å². The summed E-state index contributed by atoms with van der Waals surface area (Å²) in [5, 5.41) is 15.4. The van der Waals surface area contributed by atoms with Crippen LogP contribution < -0.4 is 5.32 Å². The van der Waals surface area contributed by atoms with E-state index in [-0.39, 0.29) is 0 Å². The van der Waals surface area contributed by atoms with Crippen LogP contribution in [0.2, 0.25) is 0 Å². The van der Waals surface area contributed by atoms with Gasteiger partial charge in [-0.2, -0.15) is 0 Å². The Labute approximate surface area is 130 Å². The van der Waals surface area contributed by atoms with E-state index in [9.17, 15) is 5.11 Å². The van der Waals surface area contributed by atoms with E-state index in [4.69, 9.17) is 4.74 Å². The average Bonchev–Trinajstić information content (AvgIpc) is 2.74. The number of hydrogen-bond donors (Lipinski definition) is 3. The Balaban J connectivity index is 1.52. The summed E-state index contributed by atoms with van der Waals surface area (Å²) in [5.74, 6) is 0. The second kappa shape index (κ2) is 5.66. The standard InChI is InChI=1S/C17H23N3O2/c21-17(10-18-6-8-22-12-17)11-20-7-5-14-13-3-1-2-4-15(13)19-16(14)9-20/h1-4,18-19,21H,5-12H2. The summed E-state index contributed by atoms with van der Waals surface area (Å²) in [6, 6.07) is 8.49. The molecule has 5 heteroatoms. The van der Waals surface area contributed by atoms with Gasteiger partial charge < -0.3 is 20.1 Å². The van der Waals surface area contributed by atoms with Gasteiger partial charge in [0.25, 0.3) is 0 Å². The van der Waals surface area contributed by atoms with Gasteiger partial charge in [-0.3, -0.25) is 4.90 Å². The minimum atomic E-state index is -0.792. The van der Waals surface area contributed by atoms with Crippen molar-refractivity contribution in [3.05, 3.63) is 35.5 Å². The van der Waals surface area contributed by atoms with Gasteiger partial charge in [0.2, 0.25) is 0 Å². The molecule has 4 rings (SSSR count). The highest BCUT2D eigenvalue weighted by molar-refractivity contribution is 5.84. The summed E-state index contributed by atoms with van der Waals surface area (Å²) >= 11 is 0. The molecular formula is C17H23N3O2. The highest BCUT2D eigenvalue weighted by Crippen LogP contribution is 2.28. The molecule has 118 valence electrons. The molecule has 1 saturated heterocycles. The van der Waals surface area contributed by atoms with Crippen LogP contribution in [0.4, 0.5) is 0 Å². The van der Waals surface area contributed by atoms with Crippen molar-refractivity contribution in [3.8, 4) is 0 Å². The summed E-state index contributed by atoms with van der Waals surface area (Å²) < 4.78 is 5.52. The smallest absolute Gasteiger partial charge is 0.113 e. The number of β-amino-alcohol motifs (C(OH)–C–C–N with tert-alkyl or cyclic N) is 1. The van der Waals surface area contributed by atoms with Crippen molar-refractivity contribution in [1.82, 2.24) is 15.2 Å². The molecular weight excluding hydrogens is 278 g/mol. The third kappa shape index (κ3) is 2.65. The SMILES string of the molecule is OC1(CN2CCc3c([nH]c4ccccc34)C2)CNCCOC1. The van der Waals surface area contributed by atoms with Gasteiger partial charge in [0, 0.05) is 49.3 Å². The molecule has 1 fully saturated rings.